The lowest BCUT2D eigenvalue weighted by molar-refractivity contribution is 0.0674. The number of anilines is 1. The molecule has 0 saturated carbocycles. The lowest BCUT2D eigenvalue weighted by Gasteiger charge is -2.32. The Bertz CT molecular complexity index is 839. The molecule has 1 atom stereocenters. The van der Waals surface area contributed by atoms with Gasteiger partial charge < -0.3 is 15.1 Å². The minimum absolute atomic E-state index is 0.0712. The summed E-state index contributed by atoms with van der Waals surface area (Å²) >= 11 is 0. The van der Waals surface area contributed by atoms with Gasteiger partial charge in [0.2, 0.25) is 5.95 Å². The van der Waals surface area contributed by atoms with Gasteiger partial charge in [0.15, 0.2) is 5.76 Å². The Labute approximate surface area is 132 Å². The monoisotopic (exact) mass is 311 g/mol. The first-order chi connectivity index (χ1) is 11.2. The number of hydrogen-bond acceptors (Lipinski definition) is 5. The third-order valence-corrected chi connectivity index (χ3v) is 4.29. The van der Waals surface area contributed by atoms with Crippen LogP contribution in [0.4, 0.5) is 5.95 Å². The van der Waals surface area contributed by atoms with Gasteiger partial charge in [-0.25, -0.2) is 9.50 Å². The van der Waals surface area contributed by atoms with Crippen molar-refractivity contribution in [2.45, 2.75) is 18.8 Å². The van der Waals surface area contributed by atoms with Gasteiger partial charge in [0.25, 0.3) is 5.91 Å². The summed E-state index contributed by atoms with van der Waals surface area (Å²) in [6, 6.07) is 7.32. The average Bonchev–Trinajstić information content (AvgIpc) is 3.25. The summed E-state index contributed by atoms with van der Waals surface area (Å²) in [7, 11) is 0. The van der Waals surface area contributed by atoms with Crippen molar-refractivity contribution < 1.29 is 9.21 Å². The second-order valence-corrected chi connectivity index (χ2v) is 5.77. The number of nitrogens with two attached hydrogens (primary N) is 1. The summed E-state index contributed by atoms with van der Waals surface area (Å²) in [6.07, 6.45) is 5.14. The molecule has 0 aromatic carbocycles. The van der Waals surface area contributed by atoms with Gasteiger partial charge in [0, 0.05) is 19.0 Å². The Kier molecular flexibility index (Phi) is 3.25. The molecule has 1 aliphatic heterocycles. The van der Waals surface area contributed by atoms with Crippen molar-refractivity contribution in [3.8, 4) is 0 Å². The van der Waals surface area contributed by atoms with E-state index in [1.54, 1.807) is 22.8 Å². The third kappa shape index (κ3) is 2.44. The Morgan fingerprint density at radius 3 is 3.13 bits per heavy atom. The molecule has 1 fully saturated rings. The number of amides is 1. The smallest absolute Gasteiger partial charge is 0.289 e. The van der Waals surface area contributed by atoms with E-state index in [1.165, 1.54) is 6.26 Å². The predicted molar refractivity (Wildman–Crippen MR) is 84.0 cm³/mol. The molecule has 4 heterocycles. The van der Waals surface area contributed by atoms with Gasteiger partial charge in [-0.2, -0.15) is 5.10 Å². The molecule has 118 valence electrons. The fourth-order valence-corrected chi connectivity index (χ4v) is 3.15. The zero-order chi connectivity index (χ0) is 15.8. The highest BCUT2D eigenvalue weighted by molar-refractivity contribution is 5.91. The lowest BCUT2D eigenvalue weighted by Crippen LogP contribution is -2.39. The molecule has 1 aliphatic rings. The Hall–Kier alpha value is -2.83. The lowest BCUT2D eigenvalue weighted by atomic mass is 9.94. The molecule has 4 rings (SSSR count). The number of furan rings is 1. The van der Waals surface area contributed by atoms with Crippen LogP contribution in [0.3, 0.4) is 0 Å². The number of likely N-dealkylation sites (tertiary alicyclic amines) is 1. The topological polar surface area (TPSA) is 89.7 Å². The highest BCUT2D eigenvalue weighted by Gasteiger charge is 2.28. The minimum atomic E-state index is -0.0712. The predicted octanol–water partition coefficient (Wildman–Crippen LogP) is 1.92. The number of carbonyl (C=O) groups is 1. The van der Waals surface area contributed by atoms with Crippen LogP contribution in [0.15, 0.2) is 41.1 Å². The summed E-state index contributed by atoms with van der Waals surface area (Å²) in [6.45, 7) is 1.36. The molecule has 0 radical (unpaired) electrons. The van der Waals surface area contributed by atoms with E-state index in [9.17, 15) is 4.79 Å². The fraction of sp³-hybridized carbons (Fsp3) is 0.312. The van der Waals surface area contributed by atoms with E-state index in [2.05, 4.69) is 10.1 Å². The van der Waals surface area contributed by atoms with Crippen LogP contribution >= 0.6 is 0 Å². The van der Waals surface area contributed by atoms with E-state index in [-0.39, 0.29) is 11.8 Å². The first kappa shape index (κ1) is 13.8. The Morgan fingerprint density at radius 2 is 2.30 bits per heavy atom. The second-order valence-electron chi connectivity index (χ2n) is 5.77. The van der Waals surface area contributed by atoms with Gasteiger partial charge in [-0.1, -0.05) is 0 Å². The van der Waals surface area contributed by atoms with Crippen LogP contribution in [0, 0.1) is 0 Å². The molecule has 23 heavy (non-hydrogen) atoms. The molecule has 7 heteroatoms. The van der Waals surface area contributed by atoms with Crippen LogP contribution in [0.2, 0.25) is 0 Å². The summed E-state index contributed by atoms with van der Waals surface area (Å²) in [4.78, 5) is 18.7. The molecule has 3 aromatic rings. The van der Waals surface area contributed by atoms with Crippen molar-refractivity contribution in [1.82, 2.24) is 19.5 Å². The highest BCUT2D eigenvalue weighted by Crippen LogP contribution is 2.28. The number of fused-ring (bicyclic) bond motifs is 1. The largest absolute Gasteiger partial charge is 0.459 e. The van der Waals surface area contributed by atoms with E-state index < -0.39 is 0 Å². The van der Waals surface area contributed by atoms with Gasteiger partial charge in [-0.15, -0.1) is 0 Å². The van der Waals surface area contributed by atoms with Crippen LogP contribution in [-0.4, -0.2) is 38.5 Å². The van der Waals surface area contributed by atoms with E-state index in [0.29, 0.717) is 18.3 Å². The number of nitrogen functional groups attached to an aromatic ring is 1. The van der Waals surface area contributed by atoms with Crippen LogP contribution in [0.1, 0.15) is 35.0 Å². The molecule has 0 aliphatic carbocycles. The molecule has 3 aromatic heterocycles. The van der Waals surface area contributed by atoms with Crippen molar-refractivity contribution in [2.75, 3.05) is 18.8 Å². The summed E-state index contributed by atoms with van der Waals surface area (Å²) in [5, 5.41) is 4.13. The van der Waals surface area contributed by atoms with Gasteiger partial charge in [0.05, 0.1) is 23.7 Å². The SMILES string of the molecule is Nc1nc(C2CCCN(C(=O)c3ccco3)C2)cc2ccnn12. The molecule has 2 N–H and O–H groups in total. The van der Waals surface area contributed by atoms with Gasteiger partial charge in [-0.3, -0.25) is 4.79 Å². The quantitative estimate of drug-likeness (QED) is 0.781. The number of rotatable bonds is 2. The highest BCUT2D eigenvalue weighted by atomic mass is 16.3. The maximum atomic E-state index is 12.4. The van der Waals surface area contributed by atoms with Crippen LogP contribution in [0.25, 0.3) is 5.52 Å². The first-order valence-electron chi connectivity index (χ1n) is 7.65. The molecule has 1 amide bonds. The van der Waals surface area contributed by atoms with Crippen LogP contribution in [-0.2, 0) is 0 Å². The average molecular weight is 311 g/mol. The molecule has 7 nitrogen and oxygen atoms in total. The third-order valence-electron chi connectivity index (χ3n) is 4.29. The fourth-order valence-electron chi connectivity index (χ4n) is 3.15. The van der Waals surface area contributed by atoms with Gasteiger partial charge >= 0.3 is 0 Å². The van der Waals surface area contributed by atoms with Gasteiger partial charge in [0.1, 0.15) is 0 Å². The maximum Gasteiger partial charge on any atom is 0.289 e. The Balaban J connectivity index is 1.60. The maximum absolute atomic E-state index is 12.4. The first-order valence-corrected chi connectivity index (χ1v) is 7.65. The summed E-state index contributed by atoms with van der Waals surface area (Å²) in [5.74, 6) is 0.851. The van der Waals surface area contributed by atoms with Gasteiger partial charge in [-0.05, 0) is 37.1 Å². The molecule has 1 saturated heterocycles. The van der Waals surface area contributed by atoms with Crippen molar-refractivity contribution in [3.05, 3.63) is 48.2 Å². The van der Waals surface area contributed by atoms with Crippen LogP contribution < -0.4 is 5.73 Å². The molecule has 0 spiro atoms. The second kappa shape index (κ2) is 5.42. The number of nitrogens with zero attached hydrogens (tertiary/aromatic N) is 4. The molecule has 1 unspecified atom stereocenters. The van der Waals surface area contributed by atoms with Crippen molar-refractivity contribution >= 4 is 17.4 Å². The normalized spacial score (nSPS) is 18.4. The van der Waals surface area contributed by atoms with Crippen molar-refractivity contribution in [3.63, 3.8) is 0 Å². The van der Waals surface area contributed by atoms with Crippen LogP contribution in [0.5, 0.6) is 0 Å². The standard InChI is InChI=1S/C16H17N5O2/c17-16-19-13(9-12-5-6-18-21(12)16)11-3-1-7-20(10-11)15(22)14-4-2-8-23-14/h2,4-6,8-9,11H,1,3,7,10H2,(H2,17,19). The number of carbonyl (C=O) groups excluding carboxylic acids is 1. The van der Waals surface area contributed by atoms with Crippen molar-refractivity contribution in [2.24, 2.45) is 0 Å². The zero-order valence-electron chi connectivity index (χ0n) is 12.6. The minimum Gasteiger partial charge on any atom is -0.459 e. The van der Waals surface area contributed by atoms with E-state index in [4.69, 9.17) is 10.2 Å². The number of piperidine rings is 1. The number of hydrogen-bond donors (Lipinski definition) is 1. The zero-order valence-corrected chi connectivity index (χ0v) is 12.6. The summed E-state index contributed by atoms with van der Waals surface area (Å²) in [5.41, 5.74) is 7.80. The summed E-state index contributed by atoms with van der Waals surface area (Å²) < 4.78 is 6.83. The van der Waals surface area contributed by atoms with E-state index in [1.807, 2.05) is 17.0 Å². The molecular formula is C16H17N5O2. The number of aromatic nitrogens is 3. The van der Waals surface area contributed by atoms with Crippen molar-refractivity contribution in [1.29, 1.82) is 0 Å². The Morgan fingerprint density at radius 1 is 1.39 bits per heavy atom. The van der Waals surface area contributed by atoms with E-state index >= 15 is 0 Å². The molecular weight excluding hydrogens is 294 g/mol. The molecule has 0 bridgehead atoms. The van der Waals surface area contributed by atoms with E-state index in [0.717, 1.165) is 30.6 Å².